The number of nitrogens with zero attached hydrogens (tertiary/aromatic N) is 2. The summed E-state index contributed by atoms with van der Waals surface area (Å²) in [6.07, 6.45) is 3.15. The fraction of sp³-hybridized carbons (Fsp3) is 0.0625. The van der Waals surface area contributed by atoms with Crippen molar-refractivity contribution in [3.8, 4) is 0 Å². The summed E-state index contributed by atoms with van der Waals surface area (Å²) in [5, 5.41) is 5.26. The Hall–Kier alpha value is -2.24. The number of amides is 1. The Labute approximate surface area is 136 Å². The van der Waals surface area contributed by atoms with Crippen LogP contribution >= 0.6 is 22.9 Å². The van der Waals surface area contributed by atoms with Crippen LogP contribution in [-0.2, 0) is 0 Å². The van der Waals surface area contributed by atoms with Crippen LogP contribution in [0.1, 0.15) is 20.9 Å². The molecule has 6 heteroatoms. The molecule has 1 amide bonds. The van der Waals surface area contributed by atoms with Crippen LogP contribution in [0, 0.1) is 6.92 Å². The molecule has 3 rings (SSSR count). The second-order valence-corrected chi connectivity index (χ2v) is 6.13. The van der Waals surface area contributed by atoms with Crippen molar-refractivity contribution in [1.29, 1.82) is 0 Å². The molecule has 0 saturated heterocycles. The molecule has 2 heterocycles. The number of aryl methyl sites for hydroxylation is 1. The number of thiophene rings is 1. The van der Waals surface area contributed by atoms with E-state index in [9.17, 15) is 4.79 Å². The van der Waals surface area contributed by atoms with E-state index in [2.05, 4.69) is 15.5 Å². The molecule has 0 aliphatic rings. The zero-order valence-corrected chi connectivity index (χ0v) is 13.3. The molecule has 0 aliphatic carbocycles. The summed E-state index contributed by atoms with van der Waals surface area (Å²) < 4.78 is 0.990. The van der Waals surface area contributed by atoms with Gasteiger partial charge in [-0.1, -0.05) is 29.8 Å². The first kappa shape index (κ1) is 14.7. The summed E-state index contributed by atoms with van der Waals surface area (Å²) >= 11 is 7.64. The zero-order chi connectivity index (χ0) is 15.5. The van der Waals surface area contributed by atoms with Gasteiger partial charge in [-0.2, -0.15) is 5.10 Å². The van der Waals surface area contributed by atoms with Crippen LogP contribution in [0.3, 0.4) is 0 Å². The predicted molar refractivity (Wildman–Crippen MR) is 90.9 cm³/mol. The maximum Gasteiger partial charge on any atom is 0.283 e. The Balaban J connectivity index is 1.80. The first-order valence-electron chi connectivity index (χ1n) is 6.58. The lowest BCUT2D eigenvalue weighted by molar-refractivity contribution is 0.0959. The fourth-order valence-corrected chi connectivity index (χ4v) is 3.48. The van der Waals surface area contributed by atoms with Crippen LogP contribution in [-0.4, -0.2) is 17.1 Å². The average Bonchev–Trinajstić information content (AvgIpc) is 2.84. The maximum absolute atomic E-state index is 12.2. The summed E-state index contributed by atoms with van der Waals surface area (Å²) in [6, 6.07) is 11.4. The largest absolute Gasteiger partial charge is 0.283 e. The SMILES string of the molecule is Cc1ccc2c(Cl)c(C(=O)N/N=C/c3ccccn3)sc2c1. The molecule has 0 atom stereocenters. The van der Waals surface area contributed by atoms with E-state index in [0.29, 0.717) is 15.6 Å². The molecule has 2 aromatic heterocycles. The second kappa shape index (κ2) is 6.25. The van der Waals surface area contributed by atoms with Gasteiger partial charge in [-0.3, -0.25) is 9.78 Å². The molecule has 110 valence electrons. The topological polar surface area (TPSA) is 54.4 Å². The number of benzene rings is 1. The standard InChI is InChI=1S/C16H12ClN3OS/c1-10-5-6-12-13(8-10)22-15(14(12)17)16(21)20-19-9-11-4-2-3-7-18-11/h2-9H,1H3,(H,20,21)/b19-9+. The highest BCUT2D eigenvalue weighted by Crippen LogP contribution is 2.35. The molecular weight excluding hydrogens is 318 g/mol. The third-order valence-electron chi connectivity index (χ3n) is 3.04. The molecule has 0 radical (unpaired) electrons. The van der Waals surface area contributed by atoms with Gasteiger partial charge in [0.15, 0.2) is 0 Å². The minimum Gasteiger partial charge on any atom is -0.266 e. The van der Waals surface area contributed by atoms with Crippen molar-refractivity contribution in [2.45, 2.75) is 6.92 Å². The van der Waals surface area contributed by atoms with Crippen molar-refractivity contribution < 1.29 is 4.79 Å². The average molecular weight is 330 g/mol. The number of aromatic nitrogens is 1. The van der Waals surface area contributed by atoms with Crippen molar-refractivity contribution >= 4 is 45.1 Å². The number of hydrogen-bond acceptors (Lipinski definition) is 4. The molecule has 1 aromatic carbocycles. The number of halogens is 1. The van der Waals surface area contributed by atoms with Gasteiger partial charge in [0.25, 0.3) is 5.91 Å². The first-order valence-corrected chi connectivity index (χ1v) is 7.77. The summed E-state index contributed by atoms with van der Waals surface area (Å²) in [6.45, 7) is 2.00. The quantitative estimate of drug-likeness (QED) is 0.583. The van der Waals surface area contributed by atoms with Gasteiger partial charge in [-0.15, -0.1) is 11.3 Å². The van der Waals surface area contributed by atoms with E-state index in [1.165, 1.54) is 17.6 Å². The molecule has 0 unspecified atom stereocenters. The summed E-state index contributed by atoms with van der Waals surface area (Å²) in [5.74, 6) is -0.323. The number of fused-ring (bicyclic) bond motifs is 1. The second-order valence-electron chi connectivity index (χ2n) is 4.70. The minimum atomic E-state index is -0.323. The van der Waals surface area contributed by atoms with Gasteiger partial charge in [0.2, 0.25) is 0 Å². The van der Waals surface area contributed by atoms with Crippen LogP contribution in [0.2, 0.25) is 5.02 Å². The Morgan fingerprint density at radius 1 is 1.36 bits per heavy atom. The molecule has 0 fully saturated rings. The van der Waals surface area contributed by atoms with Gasteiger partial charge < -0.3 is 0 Å². The van der Waals surface area contributed by atoms with Crippen molar-refractivity contribution in [1.82, 2.24) is 10.4 Å². The smallest absolute Gasteiger partial charge is 0.266 e. The predicted octanol–water partition coefficient (Wildman–Crippen LogP) is 4.02. The molecule has 1 N–H and O–H groups in total. The highest BCUT2D eigenvalue weighted by atomic mass is 35.5. The number of carbonyl (C=O) groups excluding carboxylic acids is 1. The number of hydrazone groups is 1. The Morgan fingerprint density at radius 3 is 3.00 bits per heavy atom. The Kier molecular flexibility index (Phi) is 4.18. The monoisotopic (exact) mass is 329 g/mol. The third kappa shape index (κ3) is 3.00. The van der Waals surface area contributed by atoms with E-state index >= 15 is 0 Å². The lowest BCUT2D eigenvalue weighted by Crippen LogP contribution is -2.16. The van der Waals surface area contributed by atoms with Gasteiger partial charge in [-0.05, 0) is 30.7 Å². The van der Waals surface area contributed by atoms with E-state index in [4.69, 9.17) is 11.6 Å². The van der Waals surface area contributed by atoms with Crippen LogP contribution in [0.4, 0.5) is 0 Å². The van der Waals surface area contributed by atoms with E-state index in [-0.39, 0.29) is 5.91 Å². The number of rotatable bonds is 3. The molecule has 0 spiro atoms. The van der Waals surface area contributed by atoms with E-state index in [0.717, 1.165) is 15.6 Å². The molecule has 22 heavy (non-hydrogen) atoms. The lowest BCUT2D eigenvalue weighted by Gasteiger charge is -1.97. The molecule has 4 nitrogen and oxygen atoms in total. The van der Waals surface area contributed by atoms with Crippen molar-refractivity contribution in [3.05, 3.63) is 63.8 Å². The van der Waals surface area contributed by atoms with Gasteiger partial charge >= 0.3 is 0 Å². The Bertz CT molecular complexity index is 858. The normalized spacial score (nSPS) is 11.2. The lowest BCUT2D eigenvalue weighted by atomic mass is 10.2. The van der Waals surface area contributed by atoms with Gasteiger partial charge in [-0.25, -0.2) is 5.43 Å². The number of nitrogens with one attached hydrogen (secondary N) is 1. The summed E-state index contributed by atoms with van der Waals surface area (Å²) in [7, 11) is 0. The fourth-order valence-electron chi connectivity index (χ4n) is 1.98. The zero-order valence-electron chi connectivity index (χ0n) is 11.7. The van der Waals surface area contributed by atoms with Crippen LogP contribution in [0.25, 0.3) is 10.1 Å². The van der Waals surface area contributed by atoms with E-state index in [1.54, 1.807) is 12.3 Å². The minimum absolute atomic E-state index is 0.323. The highest BCUT2D eigenvalue weighted by Gasteiger charge is 2.16. The van der Waals surface area contributed by atoms with Crippen molar-refractivity contribution in [2.24, 2.45) is 5.10 Å². The Morgan fingerprint density at radius 2 is 2.23 bits per heavy atom. The van der Waals surface area contributed by atoms with Gasteiger partial charge in [0.05, 0.1) is 16.9 Å². The van der Waals surface area contributed by atoms with Crippen LogP contribution in [0.5, 0.6) is 0 Å². The molecule has 3 aromatic rings. The number of hydrogen-bond donors (Lipinski definition) is 1. The number of pyridine rings is 1. The van der Waals surface area contributed by atoms with Crippen LogP contribution < -0.4 is 5.43 Å². The number of carbonyl (C=O) groups is 1. The van der Waals surface area contributed by atoms with E-state index < -0.39 is 0 Å². The van der Waals surface area contributed by atoms with Crippen LogP contribution in [0.15, 0.2) is 47.7 Å². The molecule has 0 saturated carbocycles. The molecular formula is C16H12ClN3OS. The van der Waals surface area contributed by atoms with E-state index in [1.807, 2.05) is 37.3 Å². The first-order chi connectivity index (χ1) is 10.6. The maximum atomic E-state index is 12.2. The molecule has 0 aliphatic heterocycles. The molecule has 0 bridgehead atoms. The van der Waals surface area contributed by atoms with Gasteiger partial charge in [0, 0.05) is 16.3 Å². The highest BCUT2D eigenvalue weighted by molar-refractivity contribution is 7.21. The summed E-state index contributed by atoms with van der Waals surface area (Å²) in [5.41, 5.74) is 4.28. The van der Waals surface area contributed by atoms with Crippen molar-refractivity contribution in [2.75, 3.05) is 0 Å². The summed E-state index contributed by atoms with van der Waals surface area (Å²) in [4.78, 5) is 16.7. The van der Waals surface area contributed by atoms with Gasteiger partial charge in [0.1, 0.15) is 4.88 Å². The third-order valence-corrected chi connectivity index (χ3v) is 4.70. The van der Waals surface area contributed by atoms with Crippen molar-refractivity contribution in [3.63, 3.8) is 0 Å².